The minimum atomic E-state index is -2.85. The third-order valence-electron chi connectivity index (χ3n) is 2.33. The normalized spacial score (nSPS) is 13.1. The van der Waals surface area contributed by atoms with Gasteiger partial charge in [0.05, 0.1) is 0 Å². The van der Waals surface area contributed by atoms with Crippen molar-refractivity contribution in [2.45, 2.75) is 32.4 Å². The number of amides is 1. The molecule has 1 amide bonds. The summed E-state index contributed by atoms with van der Waals surface area (Å²) < 4.78 is 25.8. The summed E-state index contributed by atoms with van der Waals surface area (Å²) in [7, 11) is 0. The highest BCUT2D eigenvalue weighted by molar-refractivity contribution is 5.92. The molecule has 0 aliphatic heterocycles. The number of aliphatic hydroxyl groups excluding tert-OH is 1. The van der Waals surface area contributed by atoms with Gasteiger partial charge in [0.2, 0.25) is 0 Å². The first-order valence-electron chi connectivity index (χ1n) is 5.34. The second kappa shape index (κ2) is 5.77. The first-order chi connectivity index (χ1) is 7.93. The van der Waals surface area contributed by atoms with Crippen molar-refractivity contribution in [3.63, 3.8) is 0 Å². The summed E-state index contributed by atoms with van der Waals surface area (Å²) in [5, 5.41) is 11.2. The lowest BCUT2D eigenvalue weighted by Crippen LogP contribution is -2.36. The highest BCUT2D eigenvalue weighted by atomic mass is 19.3. The molecule has 1 aromatic rings. The number of hydrogen-bond acceptors (Lipinski definition) is 2. The zero-order valence-electron chi connectivity index (χ0n) is 9.73. The van der Waals surface area contributed by atoms with Gasteiger partial charge in [0.1, 0.15) is 11.8 Å². The molecule has 0 saturated heterocycles. The Morgan fingerprint density at radius 3 is 2.71 bits per heavy atom. The summed E-state index contributed by atoms with van der Waals surface area (Å²) in [6, 6.07) is 3.41. The molecule has 1 aromatic heterocycles. The fourth-order valence-electron chi connectivity index (χ4n) is 1.41. The van der Waals surface area contributed by atoms with Crippen molar-refractivity contribution in [2.24, 2.45) is 0 Å². The summed E-state index contributed by atoms with van der Waals surface area (Å²) in [6.07, 6.45) is -2.95. The molecule has 4 nitrogen and oxygen atoms in total. The molecule has 96 valence electrons. The van der Waals surface area contributed by atoms with Gasteiger partial charge in [-0.2, -0.15) is 0 Å². The van der Waals surface area contributed by atoms with E-state index in [2.05, 4.69) is 5.32 Å². The molecule has 0 aliphatic carbocycles. The number of carbonyl (C=O) groups excluding carboxylic acids is 1. The van der Waals surface area contributed by atoms with Crippen molar-refractivity contribution in [2.75, 3.05) is 6.54 Å². The van der Waals surface area contributed by atoms with E-state index in [-0.39, 0.29) is 6.04 Å². The van der Waals surface area contributed by atoms with E-state index in [1.54, 1.807) is 22.9 Å². The van der Waals surface area contributed by atoms with Crippen LogP contribution in [-0.2, 0) is 0 Å². The number of aliphatic hydroxyl groups is 1. The molecule has 1 heterocycles. The van der Waals surface area contributed by atoms with Crippen LogP contribution in [0, 0.1) is 0 Å². The summed E-state index contributed by atoms with van der Waals surface area (Å²) in [6.45, 7) is 3.36. The van der Waals surface area contributed by atoms with Crippen molar-refractivity contribution in [3.8, 4) is 0 Å². The third-order valence-corrected chi connectivity index (χ3v) is 2.33. The largest absolute Gasteiger partial charge is 0.385 e. The number of hydrogen-bond donors (Lipinski definition) is 2. The molecular weight excluding hydrogens is 230 g/mol. The van der Waals surface area contributed by atoms with Crippen LogP contribution >= 0.6 is 0 Å². The number of halogens is 2. The summed E-state index contributed by atoms with van der Waals surface area (Å²) >= 11 is 0. The smallest absolute Gasteiger partial charge is 0.268 e. The van der Waals surface area contributed by atoms with E-state index in [1.165, 1.54) is 0 Å². The Balaban J connectivity index is 2.61. The molecule has 0 aromatic carbocycles. The zero-order valence-corrected chi connectivity index (χ0v) is 9.73. The van der Waals surface area contributed by atoms with E-state index < -0.39 is 25.0 Å². The van der Waals surface area contributed by atoms with Gasteiger partial charge in [0.15, 0.2) is 0 Å². The van der Waals surface area contributed by atoms with Crippen molar-refractivity contribution in [1.29, 1.82) is 0 Å². The second-order valence-corrected chi connectivity index (χ2v) is 4.01. The highest BCUT2D eigenvalue weighted by Gasteiger charge is 2.19. The van der Waals surface area contributed by atoms with E-state index in [9.17, 15) is 13.6 Å². The van der Waals surface area contributed by atoms with Crippen LogP contribution in [0.5, 0.6) is 0 Å². The van der Waals surface area contributed by atoms with Crippen LogP contribution in [0.2, 0.25) is 0 Å². The van der Waals surface area contributed by atoms with Crippen molar-refractivity contribution in [1.82, 2.24) is 9.88 Å². The Bertz CT molecular complexity index is 377. The quantitative estimate of drug-likeness (QED) is 0.825. The Morgan fingerprint density at radius 1 is 1.53 bits per heavy atom. The number of aromatic nitrogens is 1. The lowest BCUT2D eigenvalue weighted by Gasteiger charge is -2.14. The fourth-order valence-corrected chi connectivity index (χ4v) is 1.41. The molecular formula is C11H16F2N2O2. The molecule has 1 atom stereocenters. The predicted molar refractivity (Wildman–Crippen MR) is 59.2 cm³/mol. The Hall–Kier alpha value is -1.43. The van der Waals surface area contributed by atoms with E-state index in [4.69, 9.17) is 5.11 Å². The van der Waals surface area contributed by atoms with Gasteiger partial charge >= 0.3 is 0 Å². The van der Waals surface area contributed by atoms with Crippen LogP contribution in [0.15, 0.2) is 18.3 Å². The van der Waals surface area contributed by atoms with Gasteiger partial charge in [0.25, 0.3) is 12.3 Å². The lowest BCUT2D eigenvalue weighted by molar-refractivity contribution is -0.00275. The van der Waals surface area contributed by atoms with Crippen LogP contribution in [0.25, 0.3) is 0 Å². The average Bonchev–Trinajstić information content (AvgIpc) is 2.73. The highest BCUT2D eigenvalue weighted by Crippen LogP contribution is 2.10. The minimum absolute atomic E-state index is 0.103. The average molecular weight is 246 g/mol. The number of rotatable bonds is 5. The number of carbonyl (C=O) groups is 1. The standard InChI is InChI=1S/C11H16F2N2O2/c1-7(2)15-5-3-4-8(15)11(17)14-6-9(16)10(12)13/h3-5,7,9-10,16H,6H2,1-2H3,(H,14,17). The van der Waals surface area contributed by atoms with Crippen LogP contribution in [0.3, 0.4) is 0 Å². The van der Waals surface area contributed by atoms with Crippen LogP contribution in [0.4, 0.5) is 8.78 Å². The third kappa shape index (κ3) is 3.52. The predicted octanol–water partition coefficient (Wildman–Crippen LogP) is 1.42. The number of alkyl halides is 2. The van der Waals surface area contributed by atoms with Gasteiger partial charge in [-0.05, 0) is 26.0 Å². The monoisotopic (exact) mass is 246 g/mol. The van der Waals surface area contributed by atoms with Crippen molar-refractivity contribution in [3.05, 3.63) is 24.0 Å². The maximum absolute atomic E-state index is 12.0. The first kappa shape index (κ1) is 13.6. The SMILES string of the molecule is CC(C)n1cccc1C(=O)NCC(O)C(F)F. The Morgan fingerprint density at radius 2 is 2.18 bits per heavy atom. The molecule has 0 radical (unpaired) electrons. The van der Waals surface area contributed by atoms with Gasteiger partial charge in [-0.15, -0.1) is 0 Å². The fraction of sp³-hybridized carbons (Fsp3) is 0.545. The van der Waals surface area contributed by atoms with Crippen LogP contribution < -0.4 is 5.32 Å². The first-order valence-corrected chi connectivity index (χ1v) is 5.34. The number of nitrogens with zero attached hydrogens (tertiary/aromatic N) is 1. The van der Waals surface area contributed by atoms with Gasteiger partial charge in [0, 0.05) is 18.8 Å². The van der Waals surface area contributed by atoms with Crippen molar-refractivity contribution >= 4 is 5.91 Å². The molecule has 1 rings (SSSR count). The maximum Gasteiger partial charge on any atom is 0.268 e. The Kier molecular flexibility index (Phi) is 4.62. The van der Waals surface area contributed by atoms with Crippen LogP contribution in [-0.4, -0.2) is 34.7 Å². The van der Waals surface area contributed by atoms with Gasteiger partial charge in [-0.1, -0.05) is 0 Å². The molecule has 0 spiro atoms. The van der Waals surface area contributed by atoms with Gasteiger partial charge in [-0.25, -0.2) is 8.78 Å². The summed E-state index contributed by atoms with van der Waals surface area (Å²) in [5.74, 6) is -0.469. The zero-order chi connectivity index (χ0) is 13.0. The Labute approximate surface area is 98.2 Å². The molecule has 0 bridgehead atoms. The van der Waals surface area contributed by atoms with Gasteiger partial charge in [-0.3, -0.25) is 4.79 Å². The van der Waals surface area contributed by atoms with E-state index in [1.807, 2.05) is 13.8 Å². The maximum atomic E-state index is 12.0. The number of nitrogens with one attached hydrogen (secondary N) is 1. The van der Waals surface area contributed by atoms with E-state index in [0.29, 0.717) is 5.69 Å². The molecule has 0 aliphatic rings. The van der Waals surface area contributed by atoms with Crippen molar-refractivity contribution < 1.29 is 18.7 Å². The lowest BCUT2D eigenvalue weighted by atomic mass is 10.3. The van der Waals surface area contributed by atoms with Crippen LogP contribution in [0.1, 0.15) is 30.4 Å². The molecule has 1 unspecified atom stereocenters. The molecule has 0 saturated carbocycles. The van der Waals surface area contributed by atoms with E-state index >= 15 is 0 Å². The molecule has 17 heavy (non-hydrogen) atoms. The molecule has 6 heteroatoms. The second-order valence-electron chi connectivity index (χ2n) is 4.01. The van der Waals surface area contributed by atoms with E-state index in [0.717, 1.165) is 0 Å². The summed E-state index contributed by atoms with van der Waals surface area (Å²) in [4.78, 5) is 11.7. The molecule has 2 N–H and O–H groups in total. The topological polar surface area (TPSA) is 54.3 Å². The van der Waals surface area contributed by atoms with Gasteiger partial charge < -0.3 is 15.0 Å². The summed E-state index contributed by atoms with van der Waals surface area (Å²) in [5.41, 5.74) is 0.390. The minimum Gasteiger partial charge on any atom is -0.385 e. The molecule has 0 fully saturated rings.